The molecule has 1 heterocycles. The molecule has 1 aromatic carbocycles. The average molecular weight is 226 g/mol. The van der Waals surface area contributed by atoms with Crippen molar-refractivity contribution < 1.29 is 9.53 Å². The van der Waals surface area contributed by atoms with E-state index in [4.69, 9.17) is 5.26 Å². The zero-order valence-corrected chi connectivity index (χ0v) is 9.75. The van der Waals surface area contributed by atoms with E-state index in [0.29, 0.717) is 11.3 Å². The van der Waals surface area contributed by atoms with Crippen LogP contribution in [-0.2, 0) is 4.74 Å². The Morgan fingerprint density at radius 2 is 2.25 bits per heavy atom. The summed E-state index contributed by atoms with van der Waals surface area (Å²) in [7, 11) is 1.34. The number of benzene rings is 1. The highest BCUT2D eigenvalue weighted by Crippen LogP contribution is 2.20. The molecule has 76 valence electrons. The van der Waals surface area contributed by atoms with E-state index in [0.717, 1.165) is 10.9 Å². The minimum Gasteiger partial charge on any atom is -0.464 e. The summed E-state index contributed by atoms with van der Waals surface area (Å²) in [4.78, 5) is 11.4. The molecule has 0 aliphatic rings. The maximum Gasteiger partial charge on any atom is 0.352 e. The van der Waals surface area contributed by atoms with Gasteiger partial charge in [-0.25, -0.2) is 4.79 Å². The Kier molecular flexibility index (Phi) is 2.70. The smallest absolute Gasteiger partial charge is 0.352 e. The lowest BCUT2D eigenvalue weighted by Gasteiger charge is -2.03. The number of aromatic nitrogens is 1. The third-order valence-corrected chi connectivity index (χ3v) is 2.92. The number of carbonyl (C=O) groups excluding carboxylic acids is 1. The van der Waals surface area contributed by atoms with Crippen molar-refractivity contribution in [3.63, 3.8) is 0 Å². The average Bonchev–Trinajstić information content (AvgIpc) is 2.65. The summed E-state index contributed by atoms with van der Waals surface area (Å²) >= 11 is 2.44. The minimum absolute atomic E-state index is 0.398. The molecular formula is C11H7AlN2O2. The molecule has 0 fully saturated rings. The van der Waals surface area contributed by atoms with Crippen LogP contribution < -0.4 is 0 Å². The summed E-state index contributed by atoms with van der Waals surface area (Å²) in [5.41, 5.74) is 1.81. The van der Waals surface area contributed by atoms with Crippen LogP contribution in [0.15, 0.2) is 24.3 Å². The number of ether oxygens (including phenoxy) is 1. The van der Waals surface area contributed by atoms with Gasteiger partial charge in [0.2, 0.25) is 0 Å². The topological polar surface area (TPSA) is 55.0 Å². The van der Waals surface area contributed by atoms with Gasteiger partial charge in [-0.05, 0) is 23.6 Å². The van der Waals surface area contributed by atoms with Crippen molar-refractivity contribution in [3.8, 4) is 6.07 Å². The van der Waals surface area contributed by atoms with Crippen LogP contribution in [0.5, 0.6) is 0 Å². The number of hydrogen-bond donors (Lipinski definition) is 0. The van der Waals surface area contributed by atoms with E-state index in [-0.39, 0.29) is 0 Å². The third kappa shape index (κ3) is 1.59. The van der Waals surface area contributed by atoms with E-state index in [1.807, 2.05) is 0 Å². The summed E-state index contributed by atoms with van der Waals surface area (Å²) in [5, 5.41) is 9.69. The van der Waals surface area contributed by atoms with Gasteiger partial charge in [-0.15, -0.1) is 0 Å². The van der Waals surface area contributed by atoms with E-state index in [2.05, 4.69) is 27.3 Å². The fourth-order valence-corrected chi connectivity index (χ4v) is 1.96. The Morgan fingerprint density at radius 1 is 1.50 bits per heavy atom. The third-order valence-electron chi connectivity index (χ3n) is 2.37. The Hall–Kier alpha value is -1.75. The van der Waals surface area contributed by atoms with Crippen molar-refractivity contribution in [2.75, 3.05) is 7.11 Å². The second-order valence-electron chi connectivity index (χ2n) is 3.28. The number of fused-ring (bicyclic) bond motifs is 1. The second-order valence-corrected chi connectivity index (χ2v) is 3.79. The number of esters is 1. The quantitative estimate of drug-likeness (QED) is 0.542. The highest BCUT2D eigenvalue weighted by atomic mass is 27.1. The summed E-state index contributed by atoms with van der Waals surface area (Å²) < 4.78 is 6.31. The predicted octanol–water partition coefficient (Wildman–Crippen LogP) is 1.23. The van der Waals surface area contributed by atoms with Gasteiger partial charge in [0.25, 0.3) is 0 Å². The minimum atomic E-state index is -0.398. The SMILES string of the molecule is COC(=O)c1cc2ccc(C#N)cc2[n]1[Al]. The molecule has 16 heavy (non-hydrogen) atoms. The second kappa shape index (κ2) is 4.02. The number of nitrogens with zero attached hydrogens (tertiary/aromatic N) is 2. The van der Waals surface area contributed by atoms with Crippen molar-refractivity contribution in [1.29, 1.82) is 5.26 Å². The van der Waals surface area contributed by atoms with E-state index in [9.17, 15) is 4.79 Å². The molecule has 0 amide bonds. The van der Waals surface area contributed by atoms with Crippen molar-refractivity contribution >= 4 is 33.4 Å². The molecule has 0 bridgehead atoms. The zero-order valence-electron chi connectivity index (χ0n) is 8.60. The van der Waals surface area contributed by atoms with Crippen LogP contribution >= 0.6 is 0 Å². The fourth-order valence-electron chi connectivity index (χ4n) is 1.55. The first-order valence-corrected chi connectivity index (χ1v) is 5.08. The number of hydrogen-bond acceptors (Lipinski definition) is 3. The number of rotatable bonds is 1. The predicted molar refractivity (Wildman–Crippen MR) is 59.1 cm³/mol. The lowest BCUT2D eigenvalue weighted by molar-refractivity contribution is 0.0593. The molecule has 2 aromatic rings. The van der Waals surface area contributed by atoms with Crippen LogP contribution in [0.2, 0.25) is 0 Å². The maximum absolute atomic E-state index is 11.4. The molecule has 5 heteroatoms. The van der Waals surface area contributed by atoms with E-state index < -0.39 is 5.97 Å². The lowest BCUT2D eigenvalue weighted by Crippen LogP contribution is -2.08. The van der Waals surface area contributed by atoms with E-state index in [1.165, 1.54) is 7.11 Å². The van der Waals surface area contributed by atoms with Crippen LogP contribution in [-0.4, -0.2) is 33.1 Å². The van der Waals surface area contributed by atoms with Crippen molar-refractivity contribution in [2.45, 2.75) is 0 Å². The molecule has 0 spiro atoms. The van der Waals surface area contributed by atoms with Crippen LogP contribution in [0.3, 0.4) is 0 Å². The normalized spacial score (nSPS) is 10.0. The lowest BCUT2D eigenvalue weighted by atomic mass is 10.2. The van der Waals surface area contributed by atoms with E-state index in [1.54, 1.807) is 27.8 Å². The summed E-state index contributed by atoms with van der Waals surface area (Å²) in [6.07, 6.45) is 0. The van der Waals surface area contributed by atoms with Crippen molar-refractivity contribution in [3.05, 3.63) is 35.5 Å². The Morgan fingerprint density at radius 3 is 2.88 bits per heavy atom. The molecule has 2 rings (SSSR count). The Labute approximate surface area is 101 Å². The Bertz CT molecular complexity index is 610. The standard InChI is InChI=1S/C11H8N2O2.Al/c1-15-11(14)10-5-8-3-2-7(6-12)4-9(8)13-10;/h2-5H,1H3,(H,13,14);/q;+1/p-1. The van der Waals surface area contributed by atoms with Crippen LogP contribution in [0.1, 0.15) is 16.1 Å². The van der Waals surface area contributed by atoms with Gasteiger partial charge < -0.3 is 8.29 Å². The molecule has 1 aromatic heterocycles. The maximum atomic E-state index is 11.4. The molecule has 0 atom stereocenters. The van der Waals surface area contributed by atoms with Crippen LogP contribution in [0.4, 0.5) is 0 Å². The van der Waals surface area contributed by atoms with Gasteiger partial charge in [-0.2, -0.15) is 5.26 Å². The first kappa shape index (κ1) is 10.8. The molecule has 0 N–H and O–H groups in total. The first-order chi connectivity index (χ1) is 7.67. The largest absolute Gasteiger partial charge is 0.464 e. The first-order valence-electron chi connectivity index (χ1n) is 4.56. The fraction of sp³-hybridized carbons (Fsp3) is 0.0909. The molecule has 0 aliphatic carbocycles. The molecule has 0 saturated carbocycles. The van der Waals surface area contributed by atoms with Gasteiger partial charge in [-0.3, -0.25) is 0 Å². The van der Waals surface area contributed by atoms with Gasteiger partial charge in [0.05, 0.1) is 18.7 Å². The molecular weight excluding hydrogens is 219 g/mol. The van der Waals surface area contributed by atoms with Crippen LogP contribution in [0.25, 0.3) is 10.9 Å². The summed E-state index contributed by atoms with van der Waals surface area (Å²) in [6, 6.07) is 9.05. The number of nitriles is 1. The zero-order chi connectivity index (χ0) is 11.7. The van der Waals surface area contributed by atoms with Crippen molar-refractivity contribution in [2.24, 2.45) is 0 Å². The highest BCUT2D eigenvalue weighted by molar-refractivity contribution is 6.15. The number of carbonyl (C=O) groups is 1. The monoisotopic (exact) mass is 226 g/mol. The van der Waals surface area contributed by atoms with Crippen molar-refractivity contribution in [1.82, 2.24) is 3.55 Å². The molecule has 4 nitrogen and oxygen atoms in total. The van der Waals surface area contributed by atoms with Crippen LogP contribution in [0, 0.1) is 11.3 Å². The molecule has 0 saturated heterocycles. The van der Waals surface area contributed by atoms with Gasteiger partial charge in [0.15, 0.2) is 0 Å². The summed E-state index contributed by atoms with van der Waals surface area (Å²) in [5.74, 6) is -0.398. The molecule has 2 radical (unpaired) electrons. The molecule has 0 unspecified atom stereocenters. The Balaban J connectivity index is 2.70. The van der Waals surface area contributed by atoms with Gasteiger partial charge in [0, 0.05) is 5.52 Å². The number of methoxy groups -OCH3 is 1. The van der Waals surface area contributed by atoms with Gasteiger partial charge in [-0.1, -0.05) is 6.07 Å². The van der Waals surface area contributed by atoms with E-state index >= 15 is 0 Å². The van der Waals surface area contributed by atoms with Gasteiger partial charge in [0.1, 0.15) is 5.69 Å². The molecule has 0 aliphatic heterocycles. The summed E-state index contributed by atoms with van der Waals surface area (Å²) in [6.45, 7) is 0. The van der Waals surface area contributed by atoms with Gasteiger partial charge >= 0.3 is 22.5 Å². The highest BCUT2D eigenvalue weighted by Gasteiger charge is 2.12.